The molecular formula is C8H6BrNO2. The maximum Gasteiger partial charge on any atom is 0.336 e. The lowest BCUT2D eigenvalue weighted by Crippen LogP contribution is -2.04. The number of hydrogen-bond acceptors (Lipinski definition) is 3. The quantitative estimate of drug-likeness (QED) is 0.441. The van der Waals surface area contributed by atoms with Gasteiger partial charge in [0, 0.05) is 12.1 Å². The first-order valence-electron chi connectivity index (χ1n) is 3.19. The Hall–Kier alpha value is -1.16. The number of ether oxygens (including phenoxy) is 1. The Balaban J connectivity index is 2.76. The van der Waals surface area contributed by atoms with Crippen LogP contribution in [0.4, 0.5) is 0 Å². The molecule has 0 aliphatic rings. The fourth-order valence-electron chi connectivity index (χ4n) is 0.591. The molecule has 0 spiro atoms. The van der Waals surface area contributed by atoms with Crippen molar-refractivity contribution in [3.63, 3.8) is 0 Å². The smallest absolute Gasteiger partial charge is 0.336 e. The van der Waals surface area contributed by atoms with E-state index < -0.39 is 5.97 Å². The molecule has 4 heteroatoms. The Labute approximate surface area is 78.2 Å². The van der Waals surface area contributed by atoms with Gasteiger partial charge in [-0.3, -0.25) is 0 Å². The van der Waals surface area contributed by atoms with Gasteiger partial charge in [-0.05, 0) is 22.0 Å². The topological polar surface area (TPSA) is 39.2 Å². The van der Waals surface area contributed by atoms with Crippen molar-refractivity contribution in [1.29, 1.82) is 0 Å². The molecule has 0 radical (unpaired) electrons. The zero-order chi connectivity index (χ0) is 8.97. The second-order valence-electron chi connectivity index (χ2n) is 1.92. The molecule has 1 rings (SSSR count). The lowest BCUT2D eigenvalue weighted by Gasteiger charge is -1.98. The highest BCUT2D eigenvalue weighted by atomic mass is 79.9. The Morgan fingerprint density at radius 2 is 2.42 bits per heavy atom. The van der Waals surface area contributed by atoms with Crippen LogP contribution in [0.15, 0.2) is 35.5 Å². The Morgan fingerprint density at radius 3 is 3.00 bits per heavy atom. The first kappa shape index (κ1) is 8.93. The van der Waals surface area contributed by atoms with Crippen LogP contribution in [-0.4, -0.2) is 11.0 Å². The van der Waals surface area contributed by atoms with E-state index in [1.807, 2.05) is 0 Å². The molecule has 1 heterocycles. The lowest BCUT2D eigenvalue weighted by molar-refractivity contribution is -0.129. The maximum atomic E-state index is 10.7. The average molecular weight is 228 g/mol. The van der Waals surface area contributed by atoms with E-state index in [9.17, 15) is 4.79 Å². The molecule has 0 unspecified atom stereocenters. The fourth-order valence-corrected chi connectivity index (χ4v) is 0.919. The number of pyridine rings is 1. The van der Waals surface area contributed by atoms with Crippen LogP contribution < -0.4 is 4.74 Å². The van der Waals surface area contributed by atoms with Crippen LogP contribution in [0.1, 0.15) is 0 Å². The summed E-state index contributed by atoms with van der Waals surface area (Å²) in [7, 11) is 0. The monoisotopic (exact) mass is 227 g/mol. The minimum atomic E-state index is -0.513. The van der Waals surface area contributed by atoms with Crippen molar-refractivity contribution in [2.75, 3.05) is 0 Å². The van der Waals surface area contributed by atoms with E-state index in [1.165, 1.54) is 0 Å². The largest absolute Gasteiger partial charge is 0.404 e. The van der Waals surface area contributed by atoms with E-state index in [-0.39, 0.29) is 5.88 Å². The molecular weight excluding hydrogens is 222 g/mol. The van der Waals surface area contributed by atoms with Crippen LogP contribution in [0.2, 0.25) is 0 Å². The van der Waals surface area contributed by atoms with E-state index in [0.717, 1.165) is 6.08 Å². The van der Waals surface area contributed by atoms with Crippen molar-refractivity contribution >= 4 is 21.9 Å². The number of rotatable bonds is 2. The molecule has 12 heavy (non-hydrogen) atoms. The van der Waals surface area contributed by atoms with Gasteiger partial charge in [-0.15, -0.1) is 0 Å². The lowest BCUT2D eigenvalue weighted by atomic mass is 10.5. The molecule has 0 atom stereocenters. The predicted molar refractivity (Wildman–Crippen MR) is 47.8 cm³/mol. The number of halogens is 1. The second-order valence-corrected chi connectivity index (χ2v) is 2.74. The summed E-state index contributed by atoms with van der Waals surface area (Å²) in [6.07, 6.45) is 1.09. The summed E-state index contributed by atoms with van der Waals surface area (Å²) >= 11 is 3.15. The van der Waals surface area contributed by atoms with Crippen molar-refractivity contribution in [2.24, 2.45) is 0 Å². The molecule has 62 valence electrons. The predicted octanol–water partition coefficient (Wildman–Crippen LogP) is 1.94. The summed E-state index contributed by atoms with van der Waals surface area (Å²) in [5.74, 6) is -0.255. The standard InChI is InChI=1S/C8H6BrNO2/c1-2-8(11)12-7-5-3-4-6(9)10-7/h2-5H,1H2. The second kappa shape index (κ2) is 4.01. The van der Waals surface area contributed by atoms with Gasteiger partial charge in [-0.25, -0.2) is 9.78 Å². The molecule has 1 aromatic heterocycles. The van der Waals surface area contributed by atoms with Crippen molar-refractivity contribution < 1.29 is 9.53 Å². The van der Waals surface area contributed by atoms with Crippen LogP contribution in [0, 0.1) is 0 Å². The fraction of sp³-hybridized carbons (Fsp3) is 0. The van der Waals surface area contributed by atoms with Crippen LogP contribution in [0.5, 0.6) is 5.88 Å². The van der Waals surface area contributed by atoms with E-state index in [0.29, 0.717) is 4.60 Å². The van der Waals surface area contributed by atoms with Crippen molar-refractivity contribution in [3.8, 4) is 5.88 Å². The minimum absolute atomic E-state index is 0.259. The highest BCUT2D eigenvalue weighted by Crippen LogP contribution is 2.11. The Kier molecular flexibility index (Phi) is 2.99. The third kappa shape index (κ3) is 2.47. The van der Waals surface area contributed by atoms with Gasteiger partial charge in [0.2, 0.25) is 5.88 Å². The third-order valence-electron chi connectivity index (χ3n) is 1.06. The molecule has 0 aromatic carbocycles. The number of esters is 1. The van der Waals surface area contributed by atoms with Crippen molar-refractivity contribution in [2.45, 2.75) is 0 Å². The average Bonchev–Trinajstić information content (AvgIpc) is 2.04. The van der Waals surface area contributed by atoms with E-state index in [1.54, 1.807) is 18.2 Å². The van der Waals surface area contributed by atoms with E-state index in [2.05, 4.69) is 27.5 Å². The Bertz CT molecular complexity index is 312. The Morgan fingerprint density at radius 1 is 1.67 bits per heavy atom. The summed E-state index contributed by atoms with van der Waals surface area (Å²) < 4.78 is 5.37. The first-order valence-corrected chi connectivity index (χ1v) is 3.98. The van der Waals surface area contributed by atoms with Gasteiger partial charge in [0.05, 0.1) is 0 Å². The molecule has 0 aliphatic heterocycles. The van der Waals surface area contributed by atoms with Gasteiger partial charge < -0.3 is 4.74 Å². The normalized spacial score (nSPS) is 9.08. The van der Waals surface area contributed by atoms with E-state index >= 15 is 0 Å². The van der Waals surface area contributed by atoms with Crippen LogP contribution in [0.3, 0.4) is 0 Å². The summed E-state index contributed by atoms with van der Waals surface area (Å²) in [5.41, 5.74) is 0. The number of hydrogen-bond donors (Lipinski definition) is 0. The molecule has 1 aromatic rings. The number of aromatic nitrogens is 1. The molecule has 0 aliphatic carbocycles. The van der Waals surface area contributed by atoms with Gasteiger partial charge in [-0.1, -0.05) is 12.6 Å². The van der Waals surface area contributed by atoms with Crippen LogP contribution >= 0.6 is 15.9 Å². The molecule has 0 saturated heterocycles. The summed E-state index contributed by atoms with van der Waals surface area (Å²) in [4.78, 5) is 14.6. The van der Waals surface area contributed by atoms with Gasteiger partial charge in [0.1, 0.15) is 4.60 Å². The highest BCUT2D eigenvalue weighted by Gasteiger charge is 1.99. The van der Waals surface area contributed by atoms with Crippen LogP contribution in [-0.2, 0) is 4.79 Å². The number of carbonyl (C=O) groups is 1. The summed E-state index contributed by atoms with van der Waals surface area (Å²) in [6.45, 7) is 3.27. The van der Waals surface area contributed by atoms with Gasteiger partial charge >= 0.3 is 5.97 Å². The molecule has 0 amide bonds. The number of nitrogens with zero attached hydrogens (tertiary/aromatic N) is 1. The van der Waals surface area contributed by atoms with Crippen molar-refractivity contribution in [3.05, 3.63) is 35.5 Å². The molecule has 0 bridgehead atoms. The van der Waals surface area contributed by atoms with Crippen molar-refractivity contribution in [1.82, 2.24) is 4.98 Å². The van der Waals surface area contributed by atoms with Crippen LogP contribution in [0.25, 0.3) is 0 Å². The molecule has 0 saturated carbocycles. The van der Waals surface area contributed by atoms with E-state index in [4.69, 9.17) is 4.74 Å². The van der Waals surface area contributed by atoms with Gasteiger partial charge in [-0.2, -0.15) is 0 Å². The summed E-state index contributed by atoms with van der Waals surface area (Å²) in [6, 6.07) is 5.06. The molecule has 0 N–H and O–H groups in total. The van der Waals surface area contributed by atoms with Gasteiger partial charge in [0.25, 0.3) is 0 Å². The number of carbonyl (C=O) groups excluding carboxylic acids is 1. The highest BCUT2D eigenvalue weighted by molar-refractivity contribution is 9.10. The maximum absolute atomic E-state index is 10.7. The third-order valence-corrected chi connectivity index (χ3v) is 1.50. The minimum Gasteiger partial charge on any atom is -0.404 e. The zero-order valence-electron chi connectivity index (χ0n) is 6.16. The molecule has 3 nitrogen and oxygen atoms in total. The summed E-state index contributed by atoms with van der Waals surface area (Å²) in [5, 5.41) is 0. The first-order chi connectivity index (χ1) is 5.72. The molecule has 0 fully saturated rings. The van der Waals surface area contributed by atoms with Gasteiger partial charge in [0.15, 0.2) is 0 Å². The zero-order valence-corrected chi connectivity index (χ0v) is 7.74. The SMILES string of the molecule is C=CC(=O)Oc1cccc(Br)n1.